The Morgan fingerprint density at radius 1 is 0.286 bits per heavy atom. The highest BCUT2D eigenvalue weighted by Gasteiger charge is 2.19. The standard InChI is InChI=1S/C60H41N3/c1-40-16-15-19-42(34-40)46-38-55(41-17-5-2-6-18-41)61-56(39-46)52-35-43(44-29-32-59-53(36-44)50-24-11-13-26-57(50)62(59)47-20-7-3-8-21-47)28-31-49(52)45-30-33-60-54(37-45)51-25-12-14-27-58(51)63(60)48-22-9-4-10-23-48/h2-39H,1H3. The van der Waals surface area contributed by atoms with Crippen LogP contribution < -0.4 is 0 Å². The quantitative estimate of drug-likeness (QED) is 0.157. The molecule has 3 heteroatoms. The third-order valence-electron chi connectivity index (χ3n) is 12.6. The molecule has 0 amide bonds. The first-order valence-electron chi connectivity index (χ1n) is 21.6. The lowest BCUT2D eigenvalue weighted by molar-refractivity contribution is 1.18. The maximum absolute atomic E-state index is 5.52. The molecule has 0 spiro atoms. The van der Waals surface area contributed by atoms with Gasteiger partial charge in [0.2, 0.25) is 0 Å². The number of hydrogen-bond acceptors (Lipinski definition) is 1. The normalized spacial score (nSPS) is 11.6. The molecule has 3 heterocycles. The summed E-state index contributed by atoms with van der Waals surface area (Å²) in [4.78, 5) is 5.52. The SMILES string of the molecule is Cc1cccc(-c2cc(-c3ccccc3)nc(-c3cc(-c4ccc5c(c4)c4ccccc4n5-c4ccccc4)ccc3-c3ccc4c(c3)c3ccccc3n4-c3ccccc3)c2)c1. The molecule has 0 aliphatic carbocycles. The molecule has 12 aromatic rings. The van der Waals surface area contributed by atoms with E-state index in [-0.39, 0.29) is 0 Å². The minimum Gasteiger partial charge on any atom is -0.309 e. The maximum atomic E-state index is 5.52. The Hall–Kier alpha value is -8.27. The van der Waals surface area contributed by atoms with Crippen molar-refractivity contribution in [2.45, 2.75) is 6.92 Å². The second-order valence-corrected chi connectivity index (χ2v) is 16.5. The van der Waals surface area contributed by atoms with E-state index in [4.69, 9.17) is 4.98 Å². The molecule has 3 aromatic heterocycles. The Morgan fingerprint density at radius 2 is 0.762 bits per heavy atom. The lowest BCUT2D eigenvalue weighted by Gasteiger charge is -2.16. The summed E-state index contributed by atoms with van der Waals surface area (Å²) < 4.78 is 4.75. The van der Waals surface area contributed by atoms with Gasteiger partial charge in [0.1, 0.15) is 0 Å². The summed E-state index contributed by atoms with van der Waals surface area (Å²) in [6.07, 6.45) is 0. The number of nitrogens with zero attached hydrogens (tertiary/aromatic N) is 3. The third-order valence-corrected chi connectivity index (χ3v) is 12.6. The van der Waals surface area contributed by atoms with E-state index in [2.05, 4.69) is 247 Å². The van der Waals surface area contributed by atoms with Gasteiger partial charge in [-0.2, -0.15) is 0 Å². The van der Waals surface area contributed by atoms with Gasteiger partial charge in [-0.15, -0.1) is 0 Å². The van der Waals surface area contributed by atoms with Gasteiger partial charge in [0, 0.05) is 44.0 Å². The van der Waals surface area contributed by atoms with E-state index < -0.39 is 0 Å². The predicted octanol–water partition coefficient (Wildman–Crippen LogP) is 15.9. The third kappa shape index (κ3) is 6.33. The average Bonchev–Trinajstić information content (AvgIpc) is 3.87. The van der Waals surface area contributed by atoms with Crippen molar-refractivity contribution in [2.75, 3.05) is 0 Å². The van der Waals surface area contributed by atoms with Crippen LogP contribution in [0.25, 0.3) is 111 Å². The molecule has 3 nitrogen and oxygen atoms in total. The zero-order chi connectivity index (χ0) is 41.9. The number of benzene rings is 9. The Bertz CT molecular complexity index is 3670. The van der Waals surface area contributed by atoms with E-state index in [0.717, 1.165) is 61.7 Å². The molecule has 0 bridgehead atoms. The van der Waals surface area contributed by atoms with Crippen LogP contribution in [0.5, 0.6) is 0 Å². The van der Waals surface area contributed by atoms with Crippen LogP contribution in [0.15, 0.2) is 231 Å². The van der Waals surface area contributed by atoms with Gasteiger partial charge in [0.05, 0.1) is 33.5 Å². The largest absolute Gasteiger partial charge is 0.309 e. The molecule has 0 radical (unpaired) electrons. The number of hydrogen-bond donors (Lipinski definition) is 0. The van der Waals surface area contributed by atoms with Crippen molar-refractivity contribution >= 4 is 43.6 Å². The molecule has 0 N–H and O–H groups in total. The highest BCUT2D eigenvalue weighted by atomic mass is 15.0. The lowest BCUT2D eigenvalue weighted by atomic mass is 9.90. The fourth-order valence-electron chi connectivity index (χ4n) is 9.61. The zero-order valence-electron chi connectivity index (χ0n) is 34.8. The Morgan fingerprint density at radius 3 is 1.40 bits per heavy atom. The van der Waals surface area contributed by atoms with Crippen molar-refractivity contribution in [1.82, 2.24) is 14.1 Å². The Kier molecular flexibility index (Phi) is 8.72. The van der Waals surface area contributed by atoms with Gasteiger partial charge in [0.15, 0.2) is 0 Å². The Balaban J connectivity index is 1.10. The number of rotatable bonds is 7. The predicted molar refractivity (Wildman–Crippen MR) is 265 cm³/mol. The number of para-hydroxylation sites is 4. The first kappa shape index (κ1) is 36.6. The van der Waals surface area contributed by atoms with Crippen LogP contribution in [0.2, 0.25) is 0 Å². The molecule has 0 fully saturated rings. The van der Waals surface area contributed by atoms with Gasteiger partial charge in [-0.1, -0.05) is 157 Å². The van der Waals surface area contributed by atoms with E-state index in [0.29, 0.717) is 0 Å². The van der Waals surface area contributed by atoms with E-state index >= 15 is 0 Å². The van der Waals surface area contributed by atoms with Crippen molar-refractivity contribution in [3.63, 3.8) is 0 Å². The van der Waals surface area contributed by atoms with E-state index in [1.165, 1.54) is 54.7 Å². The molecule has 0 aliphatic rings. The van der Waals surface area contributed by atoms with Crippen LogP contribution in [-0.4, -0.2) is 14.1 Å². The molecule has 0 atom stereocenters. The first-order chi connectivity index (χ1) is 31.1. The fraction of sp³-hybridized carbons (Fsp3) is 0.0167. The highest BCUT2D eigenvalue weighted by Crippen LogP contribution is 2.42. The molecular weight excluding hydrogens is 763 g/mol. The van der Waals surface area contributed by atoms with Crippen LogP contribution in [0.4, 0.5) is 0 Å². The zero-order valence-corrected chi connectivity index (χ0v) is 34.8. The Labute approximate surface area is 366 Å². The number of pyridine rings is 1. The molecule has 12 rings (SSSR count). The van der Waals surface area contributed by atoms with E-state index in [9.17, 15) is 0 Å². The smallest absolute Gasteiger partial charge is 0.0722 e. The molecule has 0 saturated heterocycles. The van der Waals surface area contributed by atoms with Crippen molar-refractivity contribution in [1.29, 1.82) is 0 Å². The van der Waals surface area contributed by atoms with Crippen LogP contribution >= 0.6 is 0 Å². The van der Waals surface area contributed by atoms with E-state index in [1.54, 1.807) is 0 Å². The molecule has 296 valence electrons. The average molecular weight is 804 g/mol. The molecular formula is C60H41N3. The minimum atomic E-state index is 0.929. The summed E-state index contributed by atoms with van der Waals surface area (Å²) in [5, 5.41) is 4.90. The number of fused-ring (bicyclic) bond motifs is 6. The number of aryl methyl sites for hydroxylation is 1. The summed E-state index contributed by atoms with van der Waals surface area (Å²) in [6.45, 7) is 2.16. The second kappa shape index (κ2) is 15.0. The fourth-order valence-corrected chi connectivity index (χ4v) is 9.61. The second-order valence-electron chi connectivity index (χ2n) is 16.5. The molecule has 9 aromatic carbocycles. The topological polar surface area (TPSA) is 22.8 Å². The van der Waals surface area contributed by atoms with Gasteiger partial charge < -0.3 is 9.13 Å². The molecule has 0 saturated carbocycles. The summed E-state index contributed by atoms with van der Waals surface area (Å²) in [5.74, 6) is 0. The number of aromatic nitrogens is 3. The monoisotopic (exact) mass is 803 g/mol. The van der Waals surface area contributed by atoms with Gasteiger partial charge in [-0.3, -0.25) is 0 Å². The first-order valence-corrected chi connectivity index (χ1v) is 21.6. The van der Waals surface area contributed by atoms with Crippen molar-refractivity contribution in [3.8, 4) is 67.3 Å². The summed E-state index contributed by atoms with van der Waals surface area (Å²) >= 11 is 0. The minimum absolute atomic E-state index is 0.929. The molecule has 0 unspecified atom stereocenters. The highest BCUT2D eigenvalue weighted by molar-refractivity contribution is 6.12. The summed E-state index contributed by atoms with van der Waals surface area (Å²) in [6, 6.07) is 83.5. The molecule has 63 heavy (non-hydrogen) atoms. The van der Waals surface area contributed by atoms with Crippen molar-refractivity contribution < 1.29 is 0 Å². The van der Waals surface area contributed by atoms with Gasteiger partial charge in [0.25, 0.3) is 0 Å². The van der Waals surface area contributed by atoms with Crippen molar-refractivity contribution in [3.05, 3.63) is 236 Å². The van der Waals surface area contributed by atoms with Crippen LogP contribution in [0.1, 0.15) is 5.56 Å². The lowest BCUT2D eigenvalue weighted by Crippen LogP contribution is -1.95. The van der Waals surface area contributed by atoms with E-state index in [1.807, 2.05) is 0 Å². The van der Waals surface area contributed by atoms with Crippen LogP contribution in [0, 0.1) is 6.92 Å². The van der Waals surface area contributed by atoms with Gasteiger partial charge >= 0.3 is 0 Å². The summed E-state index contributed by atoms with van der Waals surface area (Å²) in [7, 11) is 0. The van der Waals surface area contributed by atoms with Crippen LogP contribution in [-0.2, 0) is 0 Å². The maximum Gasteiger partial charge on any atom is 0.0722 e. The van der Waals surface area contributed by atoms with Gasteiger partial charge in [-0.25, -0.2) is 4.98 Å². The summed E-state index contributed by atoms with van der Waals surface area (Å²) in [5.41, 5.74) is 19.2. The molecule has 0 aliphatic heterocycles. The van der Waals surface area contributed by atoms with Gasteiger partial charge in [-0.05, 0) is 119 Å². The van der Waals surface area contributed by atoms with Crippen LogP contribution in [0.3, 0.4) is 0 Å². The van der Waals surface area contributed by atoms with Crippen molar-refractivity contribution in [2.24, 2.45) is 0 Å².